The molecule has 0 saturated heterocycles. The van der Waals surface area contributed by atoms with Gasteiger partial charge in [-0.2, -0.15) is 0 Å². The Hall–Kier alpha value is -1.37. The summed E-state index contributed by atoms with van der Waals surface area (Å²) in [4.78, 5) is 4.63. The Morgan fingerprint density at radius 2 is 1.42 bits per heavy atom. The molecule has 0 aliphatic carbocycles. The van der Waals surface area contributed by atoms with E-state index in [0.717, 1.165) is 5.69 Å². The molecule has 0 saturated carbocycles. The van der Waals surface area contributed by atoms with Gasteiger partial charge in [0, 0.05) is 17.3 Å². The van der Waals surface area contributed by atoms with Gasteiger partial charge >= 0.3 is 0 Å². The fourth-order valence-corrected chi connectivity index (χ4v) is 2.89. The van der Waals surface area contributed by atoms with E-state index in [1.54, 1.807) is 0 Å². The van der Waals surface area contributed by atoms with Gasteiger partial charge in [0.1, 0.15) is 0 Å². The lowest BCUT2D eigenvalue weighted by atomic mass is 9.86. The normalized spacial score (nSPS) is 11.8. The van der Waals surface area contributed by atoms with Crippen molar-refractivity contribution in [2.45, 2.75) is 60.3 Å². The second-order valence-electron chi connectivity index (χ2n) is 6.27. The van der Waals surface area contributed by atoms with Gasteiger partial charge < -0.3 is 0 Å². The Bertz CT molecular complexity index is 621. The molecule has 1 heterocycles. The zero-order chi connectivity index (χ0) is 14.3. The van der Waals surface area contributed by atoms with Crippen LogP contribution in [0.25, 0.3) is 10.8 Å². The molecule has 1 heteroatoms. The summed E-state index contributed by atoms with van der Waals surface area (Å²) < 4.78 is 0. The molecular formula is C18H25N. The molecule has 19 heavy (non-hydrogen) atoms. The van der Waals surface area contributed by atoms with Gasteiger partial charge in [0.05, 0.1) is 0 Å². The van der Waals surface area contributed by atoms with E-state index in [4.69, 9.17) is 0 Å². The number of aryl methyl sites for hydroxylation is 3. The summed E-state index contributed by atoms with van der Waals surface area (Å²) in [6.07, 6.45) is 2.07. The van der Waals surface area contributed by atoms with Crippen molar-refractivity contribution in [2.24, 2.45) is 0 Å². The lowest BCUT2D eigenvalue weighted by Gasteiger charge is -2.20. The molecule has 0 aliphatic rings. The third kappa shape index (κ3) is 2.27. The zero-order valence-corrected chi connectivity index (χ0v) is 13.3. The molecule has 0 radical (unpaired) electrons. The third-order valence-corrected chi connectivity index (χ3v) is 4.17. The Morgan fingerprint density at radius 1 is 0.842 bits per heavy atom. The standard InChI is InChI=1S/C18H25N/c1-10(2)15-8-12(5)13(6)17-14(7)19-9-16(11(3)4)18(15)17/h8-11H,1-7H3. The second kappa shape index (κ2) is 4.96. The van der Waals surface area contributed by atoms with Gasteiger partial charge in [-0.05, 0) is 60.2 Å². The highest BCUT2D eigenvalue weighted by molar-refractivity contribution is 5.94. The van der Waals surface area contributed by atoms with Crippen LogP contribution in [0.4, 0.5) is 0 Å². The van der Waals surface area contributed by atoms with Crippen LogP contribution in [0, 0.1) is 20.8 Å². The molecule has 102 valence electrons. The average molecular weight is 255 g/mol. The highest BCUT2D eigenvalue weighted by atomic mass is 14.7. The second-order valence-corrected chi connectivity index (χ2v) is 6.27. The molecule has 0 unspecified atom stereocenters. The van der Waals surface area contributed by atoms with E-state index in [0.29, 0.717) is 11.8 Å². The van der Waals surface area contributed by atoms with Crippen molar-refractivity contribution in [1.82, 2.24) is 4.98 Å². The van der Waals surface area contributed by atoms with Crippen LogP contribution in [-0.2, 0) is 0 Å². The number of rotatable bonds is 2. The van der Waals surface area contributed by atoms with Crippen molar-refractivity contribution in [3.05, 3.63) is 40.2 Å². The summed E-state index contributed by atoms with van der Waals surface area (Å²) in [7, 11) is 0. The minimum Gasteiger partial charge on any atom is -0.261 e. The first-order valence-electron chi connectivity index (χ1n) is 7.23. The van der Waals surface area contributed by atoms with Crippen LogP contribution in [0.5, 0.6) is 0 Å². The number of fused-ring (bicyclic) bond motifs is 1. The molecule has 0 amide bonds. The quantitative estimate of drug-likeness (QED) is 0.699. The maximum absolute atomic E-state index is 4.63. The molecular weight excluding hydrogens is 230 g/mol. The SMILES string of the molecule is Cc1cc(C(C)C)c2c(C(C)C)cnc(C)c2c1C. The first-order chi connectivity index (χ1) is 8.84. The van der Waals surface area contributed by atoms with E-state index in [-0.39, 0.29) is 0 Å². The molecule has 0 N–H and O–H groups in total. The number of hydrogen-bond donors (Lipinski definition) is 0. The summed E-state index contributed by atoms with van der Waals surface area (Å²) in [5, 5.41) is 2.82. The monoisotopic (exact) mass is 255 g/mol. The van der Waals surface area contributed by atoms with E-state index in [9.17, 15) is 0 Å². The van der Waals surface area contributed by atoms with Crippen molar-refractivity contribution in [3.8, 4) is 0 Å². The zero-order valence-electron chi connectivity index (χ0n) is 13.3. The summed E-state index contributed by atoms with van der Waals surface area (Å²) in [6, 6.07) is 2.37. The summed E-state index contributed by atoms with van der Waals surface area (Å²) >= 11 is 0. The Labute approximate surface area is 117 Å². The van der Waals surface area contributed by atoms with E-state index in [2.05, 4.69) is 65.7 Å². The predicted molar refractivity (Wildman–Crippen MR) is 84.1 cm³/mol. The summed E-state index contributed by atoms with van der Waals surface area (Å²) in [5.41, 5.74) is 6.76. The summed E-state index contributed by atoms with van der Waals surface area (Å²) in [6.45, 7) is 15.6. The first-order valence-corrected chi connectivity index (χ1v) is 7.23. The topological polar surface area (TPSA) is 12.9 Å². The van der Waals surface area contributed by atoms with Gasteiger partial charge in [0.2, 0.25) is 0 Å². The van der Waals surface area contributed by atoms with Crippen LogP contribution in [0.3, 0.4) is 0 Å². The minimum atomic E-state index is 0.509. The van der Waals surface area contributed by atoms with Gasteiger partial charge in [0.25, 0.3) is 0 Å². The van der Waals surface area contributed by atoms with Crippen LogP contribution >= 0.6 is 0 Å². The van der Waals surface area contributed by atoms with Crippen molar-refractivity contribution in [3.63, 3.8) is 0 Å². The maximum atomic E-state index is 4.63. The van der Waals surface area contributed by atoms with E-state index >= 15 is 0 Å². The molecule has 2 rings (SSSR count). The highest BCUT2D eigenvalue weighted by Gasteiger charge is 2.17. The van der Waals surface area contributed by atoms with Gasteiger partial charge in [-0.15, -0.1) is 0 Å². The lowest BCUT2D eigenvalue weighted by molar-refractivity contribution is 0.846. The van der Waals surface area contributed by atoms with Gasteiger partial charge in [-0.25, -0.2) is 0 Å². The molecule has 2 aromatic rings. The number of nitrogens with zero attached hydrogens (tertiary/aromatic N) is 1. The number of benzene rings is 1. The fraction of sp³-hybridized carbons (Fsp3) is 0.500. The highest BCUT2D eigenvalue weighted by Crippen LogP contribution is 2.36. The number of hydrogen-bond acceptors (Lipinski definition) is 1. The third-order valence-electron chi connectivity index (χ3n) is 4.17. The number of pyridine rings is 1. The Kier molecular flexibility index (Phi) is 3.66. The smallest absolute Gasteiger partial charge is 0.0454 e. The van der Waals surface area contributed by atoms with Crippen LogP contribution in [-0.4, -0.2) is 4.98 Å². The lowest BCUT2D eigenvalue weighted by Crippen LogP contribution is -2.02. The molecule has 0 aliphatic heterocycles. The van der Waals surface area contributed by atoms with E-state index in [1.165, 1.54) is 33.0 Å². The van der Waals surface area contributed by atoms with Crippen molar-refractivity contribution in [1.29, 1.82) is 0 Å². The van der Waals surface area contributed by atoms with E-state index < -0.39 is 0 Å². The molecule has 0 bridgehead atoms. The molecule has 1 nitrogen and oxygen atoms in total. The van der Waals surface area contributed by atoms with Crippen LogP contribution in [0.15, 0.2) is 12.3 Å². The molecule has 1 aromatic heterocycles. The average Bonchev–Trinajstić information content (AvgIpc) is 2.32. The van der Waals surface area contributed by atoms with E-state index in [1.807, 2.05) is 0 Å². The van der Waals surface area contributed by atoms with Gasteiger partial charge in [-0.1, -0.05) is 33.8 Å². The summed E-state index contributed by atoms with van der Waals surface area (Å²) in [5.74, 6) is 1.05. The fourth-order valence-electron chi connectivity index (χ4n) is 2.89. The molecule has 0 fully saturated rings. The van der Waals surface area contributed by atoms with Crippen LogP contribution < -0.4 is 0 Å². The first kappa shape index (κ1) is 14.0. The van der Waals surface area contributed by atoms with Gasteiger partial charge in [-0.3, -0.25) is 4.98 Å². The van der Waals surface area contributed by atoms with Crippen molar-refractivity contribution >= 4 is 10.8 Å². The van der Waals surface area contributed by atoms with Gasteiger partial charge in [0.15, 0.2) is 0 Å². The van der Waals surface area contributed by atoms with Crippen LogP contribution in [0.1, 0.15) is 67.5 Å². The number of aromatic nitrogens is 1. The molecule has 1 aromatic carbocycles. The predicted octanol–water partition coefficient (Wildman–Crippen LogP) is 5.41. The minimum absolute atomic E-state index is 0.509. The Morgan fingerprint density at radius 3 is 1.95 bits per heavy atom. The maximum Gasteiger partial charge on any atom is 0.0454 e. The largest absolute Gasteiger partial charge is 0.261 e. The molecule has 0 atom stereocenters. The van der Waals surface area contributed by atoms with Crippen LogP contribution in [0.2, 0.25) is 0 Å². The Balaban J connectivity index is 3.03. The van der Waals surface area contributed by atoms with Crippen molar-refractivity contribution in [2.75, 3.05) is 0 Å². The van der Waals surface area contributed by atoms with Crippen molar-refractivity contribution < 1.29 is 0 Å². The molecule has 0 spiro atoms.